The van der Waals surface area contributed by atoms with Gasteiger partial charge in [-0.05, 0) is 43.7 Å². The number of hydrogen-bond donors (Lipinski definition) is 1. The van der Waals surface area contributed by atoms with E-state index in [9.17, 15) is 0 Å². The van der Waals surface area contributed by atoms with Gasteiger partial charge in [0, 0.05) is 24.1 Å². The van der Waals surface area contributed by atoms with E-state index in [2.05, 4.69) is 23.3 Å². The van der Waals surface area contributed by atoms with Crippen LogP contribution in [-0.4, -0.2) is 11.5 Å². The standard InChI is InChI=1S/C12H18N2/c1-2-8-13-12-7-9-14-11-6-4-3-5-10(11)12/h7,9H,2-6,8H2,1H3,(H,13,14). The topological polar surface area (TPSA) is 24.9 Å². The van der Waals surface area contributed by atoms with E-state index >= 15 is 0 Å². The van der Waals surface area contributed by atoms with Gasteiger partial charge >= 0.3 is 0 Å². The molecule has 0 aliphatic heterocycles. The molecule has 0 unspecified atom stereocenters. The van der Waals surface area contributed by atoms with E-state index in [4.69, 9.17) is 0 Å². The molecular formula is C12H18N2. The Kier molecular flexibility index (Phi) is 3.02. The van der Waals surface area contributed by atoms with E-state index in [0.29, 0.717) is 0 Å². The lowest BCUT2D eigenvalue weighted by Crippen LogP contribution is -2.10. The van der Waals surface area contributed by atoms with Crippen LogP contribution in [0.25, 0.3) is 0 Å². The molecule has 0 bridgehead atoms. The van der Waals surface area contributed by atoms with Crippen LogP contribution in [0.3, 0.4) is 0 Å². The zero-order valence-electron chi connectivity index (χ0n) is 8.84. The normalized spacial score (nSPS) is 14.9. The molecule has 1 aliphatic rings. The maximum atomic E-state index is 4.45. The lowest BCUT2D eigenvalue weighted by atomic mass is 9.95. The Labute approximate surface area is 85.7 Å². The van der Waals surface area contributed by atoms with E-state index in [1.54, 1.807) is 0 Å². The quantitative estimate of drug-likeness (QED) is 0.792. The molecule has 76 valence electrons. The van der Waals surface area contributed by atoms with Crippen molar-refractivity contribution in [2.45, 2.75) is 39.0 Å². The van der Waals surface area contributed by atoms with Gasteiger partial charge in [0.25, 0.3) is 0 Å². The molecule has 0 radical (unpaired) electrons. The lowest BCUT2D eigenvalue weighted by molar-refractivity contribution is 0.668. The van der Waals surface area contributed by atoms with Crippen molar-refractivity contribution in [1.29, 1.82) is 0 Å². The predicted octanol–water partition coefficient (Wildman–Crippen LogP) is 2.78. The maximum Gasteiger partial charge on any atom is 0.0456 e. The van der Waals surface area contributed by atoms with Gasteiger partial charge in [-0.15, -0.1) is 0 Å². The van der Waals surface area contributed by atoms with Gasteiger partial charge in [-0.2, -0.15) is 0 Å². The zero-order valence-corrected chi connectivity index (χ0v) is 8.84. The highest BCUT2D eigenvalue weighted by molar-refractivity contribution is 5.53. The number of hydrogen-bond acceptors (Lipinski definition) is 2. The van der Waals surface area contributed by atoms with E-state index in [1.165, 1.54) is 42.6 Å². The number of pyridine rings is 1. The third-order valence-electron chi connectivity index (χ3n) is 2.80. The maximum absolute atomic E-state index is 4.45. The van der Waals surface area contributed by atoms with Crippen LogP contribution in [0.2, 0.25) is 0 Å². The summed E-state index contributed by atoms with van der Waals surface area (Å²) in [7, 11) is 0. The fourth-order valence-electron chi connectivity index (χ4n) is 2.05. The van der Waals surface area contributed by atoms with Crippen molar-refractivity contribution in [2.24, 2.45) is 0 Å². The summed E-state index contributed by atoms with van der Waals surface area (Å²) < 4.78 is 0. The number of nitrogens with one attached hydrogen (secondary N) is 1. The van der Waals surface area contributed by atoms with Crippen LogP contribution in [0.1, 0.15) is 37.4 Å². The first-order chi connectivity index (χ1) is 6.92. The highest BCUT2D eigenvalue weighted by Gasteiger charge is 2.13. The zero-order chi connectivity index (χ0) is 9.80. The highest BCUT2D eigenvalue weighted by Crippen LogP contribution is 2.25. The first-order valence-corrected chi connectivity index (χ1v) is 5.62. The molecule has 1 N–H and O–H groups in total. The van der Waals surface area contributed by atoms with E-state index in [1.807, 2.05) is 6.20 Å². The van der Waals surface area contributed by atoms with Gasteiger partial charge in [0.2, 0.25) is 0 Å². The third kappa shape index (κ3) is 1.89. The first kappa shape index (κ1) is 9.50. The van der Waals surface area contributed by atoms with Crippen LogP contribution in [0.4, 0.5) is 5.69 Å². The van der Waals surface area contributed by atoms with Gasteiger partial charge < -0.3 is 5.32 Å². The molecule has 0 amide bonds. The summed E-state index contributed by atoms with van der Waals surface area (Å²) in [5.41, 5.74) is 4.10. The van der Waals surface area contributed by atoms with Crippen molar-refractivity contribution in [3.63, 3.8) is 0 Å². The molecule has 2 heteroatoms. The Morgan fingerprint density at radius 1 is 1.36 bits per heavy atom. The second-order valence-corrected chi connectivity index (χ2v) is 3.92. The minimum Gasteiger partial charge on any atom is -0.385 e. The van der Waals surface area contributed by atoms with Crippen molar-refractivity contribution in [2.75, 3.05) is 11.9 Å². The molecule has 0 saturated heterocycles. The van der Waals surface area contributed by atoms with Crippen molar-refractivity contribution >= 4 is 5.69 Å². The van der Waals surface area contributed by atoms with E-state index in [0.717, 1.165) is 13.0 Å². The molecule has 0 aromatic carbocycles. The first-order valence-electron chi connectivity index (χ1n) is 5.62. The molecule has 2 rings (SSSR count). The molecule has 2 nitrogen and oxygen atoms in total. The summed E-state index contributed by atoms with van der Waals surface area (Å²) in [5.74, 6) is 0. The summed E-state index contributed by atoms with van der Waals surface area (Å²) in [6, 6.07) is 2.11. The number of rotatable bonds is 3. The Bertz CT molecular complexity index is 307. The Hall–Kier alpha value is -1.05. The average Bonchev–Trinajstić information content (AvgIpc) is 2.26. The van der Waals surface area contributed by atoms with E-state index in [-0.39, 0.29) is 0 Å². The molecular weight excluding hydrogens is 172 g/mol. The van der Waals surface area contributed by atoms with Crippen molar-refractivity contribution in [3.8, 4) is 0 Å². The summed E-state index contributed by atoms with van der Waals surface area (Å²) in [6.45, 7) is 3.26. The van der Waals surface area contributed by atoms with Crippen molar-refractivity contribution in [3.05, 3.63) is 23.5 Å². The van der Waals surface area contributed by atoms with Crippen LogP contribution in [0.15, 0.2) is 12.3 Å². The van der Waals surface area contributed by atoms with Crippen LogP contribution < -0.4 is 5.32 Å². The second kappa shape index (κ2) is 4.45. The summed E-state index contributed by atoms with van der Waals surface area (Å²) >= 11 is 0. The van der Waals surface area contributed by atoms with Crippen LogP contribution in [0.5, 0.6) is 0 Å². The van der Waals surface area contributed by atoms with Gasteiger partial charge in [0.15, 0.2) is 0 Å². The van der Waals surface area contributed by atoms with Crippen LogP contribution in [-0.2, 0) is 12.8 Å². The van der Waals surface area contributed by atoms with Crippen LogP contribution >= 0.6 is 0 Å². The summed E-state index contributed by atoms with van der Waals surface area (Å²) in [5, 5.41) is 3.48. The minimum absolute atomic E-state index is 1.07. The minimum atomic E-state index is 1.07. The number of anilines is 1. The highest BCUT2D eigenvalue weighted by atomic mass is 14.9. The Balaban J connectivity index is 2.21. The van der Waals surface area contributed by atoms with Gasteiger partial charge in [0.1, 0.15) is 0 Å². The summed E-state index contributed by atoms with van der Waals surface area (Å²) in [6.07, 6.45) is 8.10. The van der Waals surface area contributed by atoms with Crippen LogP contribution in [0, 0.1) is 0 Å². The van der Waals surface area contributed by atoms with Gasteiger partial charge in [-0.25, -0.2) is 0 Å². The van der Waals surface area contributed by atoms with Crippen molar-refractivity contribution < 1.29 is 0 Å². The fraction of sp³-hybridized carbons (Fsp3) is 0.583. The Morgan fingerprint density at radius 3 is 3.07 bits per heavy atom. The van der Waals surface area contributed by atoms with Gasteiger partial charge in [-0.1, -0.05) is 6.92 Å². The Morgan fingerprint density at radius 2 is 2.21 bits per heavy atom. The fourth-order valence-corrected chi connectivity index (χ4v) is 2.05. The number of nitrogens with zero attached hydrogens (tertiary/aromatic N) is 1. The average molecular weight is 190 g/mol. The van der Waals surface area contributed by atoms with E-state index < -0.39 is 0 Å². The second-order valence-electron chi connectivity index (χ2n) is 3.92. The largest absolute Gasteiger partial charge is 0.385 e. The van der Waals surface area contributed by atoms with Gasteiger partial charge in [0.05, 0.1) is 0 Å². The summed E-state index contributed by atoms with van der Waals surface area (Å²) in [4.78, 5) is 4.45. The molecule has 0 atom stereocenters. The molecule has 1 aromatic heterocycles. The smallest absolute Gasteiger partial charge is 0.0456 e. The number of aryl methyl sites for hydroxylation is 1. The monoisotopic (exact) mass is 190 g/mol. The SMILES string of the molecule is CCCNc1ccnc2c1CCCC2. The molecule has 1 aromatic rings. The lowest BCUT2D eigenvalue weighted by Gasteiger charge is -2.18. The molecule has 0 spiro atoms. The van der Waals surface area contributed by atoms with Gasteiger partial charge in [-0.3, -0.25) is 4.98 Å². The molecule has 1 heterocycles. The molecule has 14 heavy (non-hydrogen) atoms. The predicted molar refractivity (Wildman–Crippen MR) is 59.7 cm³/mol. The number of aromatic nitrogens is 1. The third-order valence-corrected chi connectivity index (χ3v) is 2.80. The van der Waals surface area contributed by atoms with Crippen molar-refractivity contribution in [1.82, 2.24) is 4.98 Å². The number of fused-ring (bicyclic) bond motifs is 1. The molecule has 1 aliphatic carbocycles. The molecule has 0 saturated carbocycles. The molecule has 0 fully saturated rings.